The molecule has 20 heavy (non-hydrogen) atoms. The predicted molar refractivity (Wildman–Crippen MR) is 81.8 cm³/mol. The number of benzene rings is 2. The molecule has 3 nitrogen and oxygen atoms in total. The number of nitrogens with zero attached hydrogens (tertiary/aromatic N) is 2. The van der Waals surface area contributed by atoms with E-state index in [1.807, 2.05) is 48.5 Å². The van der Waals surface area contributed by atoms with Crippen LogP contribution in [0.4, 0.5) is 0 Å². The van der Waals surface area contributed by atoms with Crippen LogP contribution in [0.3, 0.4) is 0 Å². The molecule has 0 aliphatic heterocycles. The van der Waals surface area contributed by atoms with Crippen molar-refractivity contribution in [1.29, 1.82) is 0 Å². The number of hydrogen-bond donors (Lipinski definition) is 1. The van der Waals surface area contributed by atoms with Crippen molar-refractivity contribution in [2.24, 2.45) is 0 Å². The first kappa shape index (κ1) is 11.4. The molecule has 4 rings (SSSR count). The van der Waals surface area contributed by atoms with Crippen LogP contribution in [0.25, 0.3) is 33.5 Å². The maximum absolute atomic E-state index is 5.99. The lowest BCUT2D eigenvalue weighted by atomic mass is 10.2. The average molecular weight is 280 g/mol. The molecule has 0 fully saturated rings. The molecule has 2 aromatic heterocycles. The molecule has 0 amide bonds. The van der Waals surface area contributed by atoms with Gasteiger partial charge in [-0.25, -0.2) is 9.97 Å². The smallest absolute Gasteiger partial charge is 0.157 e. The number of halogens is 1. The third kappa shape index (κ3) is 1.84. The van der Waals surface area contributed by atoms with Crippen LogP contribution < -0.4 is 0 Å². The summed E-state index contributed by atoms with van der Waals surface area (Å²) in [5.74, 6) is 0.757. The molecule has 1 N–H and O–H groups in total. The van der Waals surface area contributed by atoms with E-state index in [0.29, 0.717) is 5.02 Å². The highest BCUT2D eigenvalue weighted by Crippen LogP contribution is 2.23. The Hall–Kier alpha value is -2.39. The number of pyridine rings is 1. The maximum Gasteiger partial charge on any atom is 0.157 e. The Morgan fingerprint density at radius 3 is 2.70 bits per heavy atom. The first-order valence-corrected chi connectivity index (χ1v) is 6.69. The Morgan fingerprint density at radius 1 is 0.850 bits per heavy atom. The van der Waals surface area contributed by atoms with Gasteiger partial charge in [0.1, 0.15) is 5.69 Å². The van der Waals surface area contributed by atoms with Gasteiger partial charge in [0.05, 0.1) is 16.6 Å². The van der Waals surface area contributed by atoms with Gasteiger partial charge in [-0.1, -0.05) is 35.9 Å². The molecule has 4 aromatic rings. The number of para-hydroxylation sites is 1. The fourth-order valence-electron chi connectivity index (χ4n) is 2.30. The van der Waals surface area contributed by atoms with Gasteiger partial charge < -0.3 is 4.98 Å². The molecule has 0 aliphatic rings. The number of rotatable bonds is 1. The first-order valence-electron chi connectivity index (χ1n) is 6.31. The molecule has 0 saturated heterocycles. The van der Waals surface area contributed by atoms with Crippen molar-refractivity contribution in [3.05, 3.63) is 59.6 Å². The summed E-state index contributed by atoms with van der Waals surface area (Å²) < 4.78 is 0. The normalized spacial score (nSPS) is 11.2. The standard InChI is InChI=1S/C16H10ClN3/c17-11-6-8-13-15(9-11)20-16(19-13)14-7-5-10-3-1-2-4-12(10)18-14/h1-9H,(H,19,20). The van der Waals surface area contributed by atoms with Crippen molar-refractivity contribution >= 4 is 33.5 Å². The summed E-state index contributed by atoms with van der Waals surface area (Å²) >= 11 is 5.99. The van der Waals surface area contributed by atoms with Gasteiger partial charge in [-0.3, -0.25) is 0 Å². The van der Waals surface area contributed by atoms with Gasteiger partial charge in [0.2, 0.25) is 0 Å². The van der Waals surface area contributed by atoms with E-state index in [4.69, 9.17) is 11.6 Å². The zero-order chi connectivity index (χ0) is 13.5. The Bertz CT molecular complexity index is 927. The highest BCUT2D eigenvalue weighted by atomic mass is 35.5. The second-order valence-electron chi connectivity index (χ2n) is 4.64. The topological polar surface area (TPSA) is 41.6 Å². The van der Waals surface area contributed by atoms with Crippen molar-refractivity contribution < 1.29 is 0 Å². The van der Waals surface area contributed by atoms with Crippen LogP contribution in [-0.4, -0.2) is 15.0 Å². The fraction of sp³-hybridized carbons (Fsp3) is 0. The number of fused-ring (bicyclic) bond motifs is 2. The van der Waals surface area contributed by atoms with Gasteiger partial charge in [-0.05, 0) is 30.3 Å². The molecule has 0 aliphatic carbocycles. The van der Waals surface area contributed by atoms with E-state index >= 15 is 0 Å². The molecular weight excluding hydrogens is 270 g/mol. The van der Waals surface area contributed by atoms with Crippen LogP contribution >= 0.6 is 11.6 Å². The minimum Gasteiger partial charge on any atom is -0.337 e. The number of nitrogens with one attached hydrogen (secondary N) is 1. The minimum atomic E-state index is 0.694. The number of imidazole rings is 1. The molecular formula is C16H10ClN3. The summed E-state index contributed by atoms with van der Waals surface area (Å²) in [5, 5.41) is 1.81. The molecule has 0 saturated carbocycles. The summed E-state index contributed by atoms with van der Waals surface area (Å²) in [6.45, 7) is 0. The number of aromatic nitrogens is 3. The lowest BCUT2D eigenvalue weighted by Crippen LogP contribution is -1.86. The Labute approximate surface area is 120 Å². The van der Waals surface area contributed by atoms with Crippen molar-refractivity contribution in [3.8, 4) is 11.5 Å². The molecule has 0 bridgehead atoms. The van der Waals surface area contributed by atoms with Crippen molar-refractivity contribution in [3.63, 3.8) is 0 Å². The molecule has 2 aromatic carbocycles. The molecule has 0 radical (unpaired) electrons. The Balaban J connectivity index is 1.91. The van der Waals surface area contributed by atoms with Crippen molar-refractivity contribution in [1.82, 2.24) is 15.0 Å². The van der Waals surface area contributed by atoms with E-state index in [9.17, 15) is 0 Å². The Kier molecular flexibility index (Phi) is 2.47. The largest absolute Gasteiger partial charge is 0.337 e. The lowest BCUT2D eigenvalue weighted by Gasteiger charge is -1.99. The van der Waals surface area contributed by atoms with Gasteiger partial charge in [0.15, 0.2) is 5.82 Å². The van der Waals surface area contributed by atoms with Crippen molar-refractivity contribution in [2.45, 2.75) is 0 Å². The quantitative estimate of drug-likeness (QED) is 0.560. The molecule has 4 heteroatoms. The predicted octanol–water partition coefficient (Wildman–Crippen LogP) is 4.43. The highest BCUT2D eigenvalue weighted by molar-refractivity contribution is 6.31. The third-order valence-corrected chi connectivity index (χ3v) is 3.52. The summed E-state index contributed by atoms with van der Waals surface area (Å²) in [6, 6.07) is 17.7. The summed E-state index contributed by atoms with van der Waals surface area (Å²) in [6.07, 6.45) is 0. The van der Waals surface area contributed by atoms with E-state index in [0.717, 1.165) is 33.5 Å². The second-order valence-corrected chi connectivity index (χ2v) is 5.07. The summed E-state index contributed by atoms with van der Waals surface area (Å²) in [4.78, 5) is 12.4. The molecule has 2 heterocycles. The van der Waals surface area contributed by atoms with Crippen LogP contribution in [-0.2, 0) is 0 Å². The van der Waals surface area contributed by atoms with Gasteiger partial charge in [0.25, 0.3) is 0 Å². The number of aromatic amines is 1. The van der Waals surface area contributed by atoms with Crippen LogP contribution in [0.2, 0.25) is 5.02 Å². The second kappa shape index (κ2) is 4.32. The zero-order valence-corrected chi connectivity index (χ0v) is 11.2. The van der Waals surface area contributed by atoms with Gasteiger partial charge in [0, 0.05) is 10.4 Å². The summed E-state index contributed by atoms with van der Waals surface area (Å²) in [5.41, 5.74) is 3.60. The van der Waals surface area contributed by atoms with Gasteiger partial charge in [-0.15, -0.1) is 0 Å². The average Bonchev–Trinajstić information content (AvgIpc) is 2.89. The SMILES string of the molecule is Clc1ccc2nc(-c3ccc4ccccc4n3)[nH]c2c1. The van der Waals surface area contributed by atoms with Gasteiger partial charge in [-0.2, -0.15) is 0 Å². The first-order chi connectivity index (χ1) is 9.79. The van der Waals surface area contributed by atoms with Crippen LogP contribution in [0.15, 0.2) is 54.6 Å². The Morgan fingerprint density at radius 2 is 1.75 bits per heavy atom. The molecule has 0 spiro atoms. The molecule has 96 valence electrons. The monoisotopic (exact) mass is 279 g/mol. The van der Waals surface area contributed by atoms with E-state index in [-0.39, 0.29) is 0 Å². The lowest BCUT2D eigenvalue weighted by molar-refractivity contribution is 1.27. The third-order valence-electron chi connectivity index (χ3n) is 3.28. The minimum absolute atomic E-state index is 0.694. The molecule has 0 unspecified atom stereocenters. The maximum atomic E-state index is 5.99. The van der Waals surface area contributed by atoms with Gasteiger partial charge >= 0.3 is 0 Å². The van der Waals surface area contributed by atoms with E-state index in [1.54, 1.807) is 0 Å². The van der Waals surface area contributed by atoms with E-state index in [1.165, 1.54) is 0 Å². The van der Waals surface area contributed by atoms with Crippen molar-refractivity contribution in [2.75, 3.05) is 0 Å². The fourth-order valence-corrected chi connectivity index (χ4v) is 2.47. The van der Waals surface area contributed by atoms with E-state index in [2.05, 4.69) is 21.0 Å². The van der Waals surface area contributed by atoms with Crippen LogP contribution in [0.1, 0.15) is 0 Å². The number of H-pyrrole nitrogens is 1. The highest BCUT2D eigenvalue weighted by Gasteiger charge is 2.07. The van der Waals surface area contributed by atoms with Crippen LogP contribution in [0, 0.1) is 0 Å². The zero-order valence-electron chi connectivity index (χ0n) is 10.5. The molecule has 0 atom stereocenters. The summed E-state index contributed by atoms with van der Waals surface area (Å²) in [7, 11) is 0. The number of hydrogen-bond acceptors (Lipinski definition) is 2. The van der Waals surface area contributed by atoms with Crippen LogP contribution in [0.5, 0.6) is 0 Å². The van der Waals surface area contributed by atoms with E-state index < -0.39 is 0 Å².